The summed E-state index contributed by atoms with van der Waals surface area (Å²) in [6, 6.07) is 14.1. The Morgan fingerprint density at radius 2 is 1.97 bits per heavy atom. The third-order valence-corrected chi connectivity index (χ3v) is 6.46. The molecule has 1 fully saturated rings. The molecule has 2 aromatic carbocycles. The summed E-state index contributed by atoms with van der Waals surface area (Å²) in [5, 5.41) is 3.14. The second-order valence-corrected chi connectivity index (χ2v) is 8.83. The van der Waals surface area contributed by atoms with Crippen LogP contribution in [0.2, 0.25) is 0 Å². The molecule has 6 heteroatoms. The highest BCUT2D eigenvalue weighted by Crippen LogP contribution is 2.29. The van der Waals surface area contributed by atoms with E-state index in [1.807, 2.05) is 55.5 Å². The van der Waals surface area contributed by atoms with E-state index in [0.717, 1.165) is 72.6 Å². The number of hydrogen-bond donors (Lipinski definition) is 1. The van der Waals surface area contributed by atoms with Crippen LogP contribution in [0, 0.1) is 5.92 Å². The van der Waals surface area contributed by atoms with E-state index < -0.39 is 0 Å². The van der Waals surface area contributed by atoms with Crippen LogP contribution in [-0.2, 0) is 17.9 Å². The Bertz CT molecular complexity index is 1130. The van der Waals surface area contributed by atoms with Crippen molar-refractivity contribution in [2.24, 2.45) is 5.92 Å². The lowest BCUT2D eigenvalue weighted by atomic mass is 9.89. The highest BCUT2D eigenvalue weighted by molar-refractivity contribution is 5.79. The molecule has 3 aromatic rings. The number of para-hydroxylation sites is 2. The number of ether oxygens (including phenoxy) is 2. The zero-order chi connectivity index (χ0) is 23.8. The van der Waals surface area contributed by atoms with Gasteiger partial charge in [-0.3, -0.25) is 4.79 Å². The number of carbonyl (C=O) groups is 1. The number of nitrogens with zero attached hydrogens (tertiary/aromatic N) is 2. The van der Waals surface area contributed by atoms with Crippen molar-refractivity contribution < 1.29 is 14.3 Å². The van der Waals surface area contributed by atoms with Crippen molar-refractivity contribution in [3.8, 4) is 11.5 Å². The summed E-state index contributed by atoms with van der Waals surface area (Å²) < 4.78 is 13.7. The molecule has 1 aliphatic rings. The van der Waals surface area contributed by atoms with Gasteiger partial charge in [-0.25, -0.2) is 4.98 Å². The zero-order valence-electron chi connectivity index (χ0n) is 20.3. The molecule has 180 valence electrons. The van der Waals surface area contributed by atoms with Crippen LogP contribution in [0.3, 0.4) is 0 Å². The highest BCUT2D eigenvalue weighted by Gasteiger charge is 2.21. The van der Waals surface area contributed by atoms with Gasteiger partial charge in [-0.05, 0) is 56.0 Å². The van der Waals surface area contributed by atoms with Gasteiger partial charge in [-0.2, -0.15) is 0 Å². The number of benzene rings is 2. The molecule has 0 spiro atoms. The molecule has 0 atom stereocenters. The number of methoxy groups -OCH3 is 1. The molecule has 0 saturated heterocycles. The van der Waals surface area contributed by atoms with Crippen molar-refractivity contribution in [1.29, 1.82) is 0 Å². The Labute approximate surface area is 202 Å². The van der Waals surface area contributed by atoms with Gasteiger partial charge in [0.2, 0.25) is 5.91 Å². The Balaban J connectivity index is 1.39. The van der Waals surface area contributed by atoms with E-state index in [1.54, 1.807) is 7.11 Å². The molecule has 1 saturated carbocycles. The number of fused-ring (bicyclic) bond motifs is 1. The van der Waals surface area contributed by atoms with Crippen molar-refractivity contribution in [2.75, 3.05) is 13.7 Å². The predicted molar refractivity (Wildman–Crippen MR) is 136 cm³/mol. The number of hydrogen-bond acceptors (Lipinski definition) is 4. The number of allylic oxidation sites excluding steroid dienone is 1. The topological polar surface area (TPSA) is 65.4 Å². The molecular weight excluding hydrogens is 426 g/mol. The SMILES string of the molecule is C/C=C/c1ccc(OCCCn2c(CNC(=O)C3CCCCC3)nc3ccccc32)c(OC)c1. The fourth-order valence-electron chi connectivity index (χ4n) is 4.69. The number of aryl methyl sites for hydroxylation is 1. The van der Waals surface area contributed by atoms with Crippen LogP contribution >= 0.6 is 0 Å². The number of rotatable bonds is 10. The Kier molecular flexibility index (Phi) is 8.23. The van der Waals surface area contributed by atoms with Gasteiger partial charge in [-0.1, -0.05) is 49.6 Å². The summed E-state index contributed by atoms with van der Waals surface area (Å²) in [6.07, 6.45) is 10.4. The Morgan fingerprint density at radius 3 is 2.76 bits per heavy atom. The molecule has 0 unspecified atom stereocenters. The van der Waals surface area contributed by atoms with E-state index in [4.69, 9.17) is 14.5 Å². The quantitative estimate of drug-likeness (QED) is 0.391. The van der Waals surface area contributed by atoms with Gasteiger partial charge in [-0.15, -0.1) is 0 Å². The van der Waals surface area contributed by atoms with E-state index in [0.29, 0.717) is 13.2 Å². The maximum atomic E-state index is 12.7. The molecule has 1 heterocycles. The summed E-state index contributed by atoms with van der Waals surface area (Å²) in [7, 11) is 1.66. The first-order valence-corrected chi connectivity index (χ1v) is 12.3. The second kappa shape index (κ2) is 11.7. The first-order valence-electron chi connectivity index (χ1n) is 12.3. The van der Waals surface area contributed by atoms with Crippen LogP contribution in [0.25, 0.3) is 17.1 Å². The largest absolute Gasteiger partial charge is 0.493 e. The standard InChI is InChI=1S/C28H35N3O3/c1-3-10-21-15-16-25(26(19-21)33-2)34-18-9-17-31-24-14-8-7-13-23(24)30-27(31)20-29-28(32)22-11-5-4-6-12-22/h3,7-8,10,13-16,19,22H,4-6,9,11-12,17-18,20H2,1-2H3,(H,29,32)/b10-3+. The maximum absolute atomic E-state index is 12.7. The van der Waals surface area contributed by atoms with Crippen LogP contribution < -0.4 is 14.8 Å². The average molecular weight is 462 g/mol. The number of imidazole rings is 1. The number of carbonyl (C=O) groups excluding carboxylic acids is 1. The van der Waals surface area contributed by atoms with Gasteiger partial charge in [0.1, 0.15) is 5.82 Å². The van der Waals surface area contributed by atoms with Crippen molar-refractivity contribution in [1.82, 2.24) is 14.9 Å². The van der Waals surface area contributed by atoms with Crippen molar-refractivity contribution in [2.45, 2.75) is 58.5 Å². The summed E-state index contributed by atoms with van der Waals surface area (Å²) in [5.74, 6) is 2.67. The first-order chi connectivity index (χ1) is 16.7. The summed E-state index contributed by atoms with van der Waals surface area (Å²) >= 11 is 0. The molecule has 1 aliphatic carbocycles. The van der Waals surface area contributed by atoms with E-state index in [2.05, 4.69) is 16.0 Å². The predicted octanol–water partition coefficient (Wildman–Crippen LogP) is 5.74. The molecule has 0 aliphatic heterocycles. The molecule has 1 aromatic heterocycles. The third-order valence-electron chi connectivity index (χ3n) is 6.46. The lowest BCUT2D eigenvalue weighted by Crippen LogP contribution is -2.32. The maximum Gasteiger partial charge on any atom is 0.223 e. The lowest BCUT2D eigenvalue weighted by molar-refractivity contribution is -0.126. The van der Waals surface area contributed by atoms with Gasteiger partial charge in [0, 0.05) is 12.5 Å². The smallest absolute Gasteiger partial charge is 0.223 e. The minimum atomic E-state index is 0.147. The van der Waals surface area contributed by atoms with Gasteiger partial charge in [0.25, 0.3) is 0 Å². The summed E-state index contributed by atoms with van der Waals surface area (Å²) in [6.45, 7) is 3.76. The van der Waals surface area contributed by atoms with Gasteiger partial charge < -0.3 is 19.4 Å². The molecule has 1 amide bonds. The molecule has 4 rings (SSSR count). The second-order valence-electron chi connectivity index (χ2n) is 8.83. The summed E-state index contributed by atoms with van der Waals surface area (Å²) in [4.78, 5) is 17.5. The van der Waals surface area contributed by atoms with E-state index >= 15 is 0 Å². The monoisotopic (exact) mass is 461 g/mol. The normalized spacial score (nSPS) is 14.5. The van der Waals surface area contributed by atoms with Crippen molar-refractivity contribution in [3.05, 3.63) is 59.9 Å². The molecule has 34 heavy (non-hydrogen) atoms. The van der Waals surface area contributed by atoms with E-state index in [-0.39, 0.29) is 11.8 Å². The van der Waals surface area contributed by atoms with Gasteiger partial charge in [0.05, 0.1) is 31.3 Å². The van der Waals surface area contributed by atoms with Gasteiger partial charge in [0.15, 0.2) is 11.5 Å². The fourth-order valence-corrected chi connectivity index (χ4v) is 4.69. The van der Waals surface area contributed by atoms with E-state index in [1.165, 1.54) is 6.42 Å². The Morgan fingerprint density at radius 1 is 1.15 bits per heavy atom. The van der Waals surface area contributed by atoms with Crippen LogP contribution in [-0.4, -0.2) is 29.2 Å². The number of nitrogens with one attached hydrogen (secondary N) is 1. The van der Waals surface area contributed by atoms with Crippen LogP contribution in [0.15, 0.2) is 48.5 Å². The highest BCUT2D eigenvalue weighted by atomic mass is 16.5. The fraction of sp³-hybridized carbons (Fsp3) is 0.429. The van der Waals surface area contributed by atoms with Crippen LogP contribution in [0.4, 0.5) is 0 Å². The zero-order valence-corrected chi connectivity index (χ0v) is 20.3. The minimum Gasteiger partial charge on any atom is -0.493 e. The Hall–Kier alpha value is -3.28. The average Bonchev–Trinajstić information content (AvgIpc) is 3.23. The number of amides is 1. The molecular formula is C28H35N3O3. The van der Waals surface area contributed by atoms with Crippen molar-refractivity contribution in [3.63, 3.8) is 0 Å². The van der Waals surface area contributed by atoms with E-state index in [9.17, 15) is 4.79 Å². The molecule has 1 N–H and O–H groups in total. The first kappa shape index (κ1) is 23.9. The summed E-state index contributed by atoms with van der Waals surface area (Å²) in [5.41, 5.74) is 3.11. The van der Waals surface area contributed by atoms with Crippen LogP contribution in [0.1, 0.15) is 56.8 Å². The number of aromatic nitrogens is 2. The molecule has 6 nitrogen and oxygen atoms in total. The molecule has 0 bridgehead atoms. The third kappa shape index (κ3) is 5.79. The van der Waals surface area contributed by atoms with Crippen molar-refractivity contribution >= 4 is 23.0 Å². The van der Waals surface area contributed by atoms with Crippen LogP contribution in [0.5, 0.6) is 11.5 Å². The lowest BCUT2D eigenvalue weighted by Gasteiger charge is -2.20. The van der Waals surface area contributed by atoms with Gasteiger partial charge >= 0.3 is 0 Å². The minimum absolute atomic E-state index is 0.147. The molecule has 0 radical (unpaired) electrons.